The third-order valence-corrected chi connectivity index (χ3v) is 5.30. The van der Waals surface area contributed by atoms with Gasteiger partial charge < -0.3 is 9.84 Å². The molecule has 0 bridgehead atoms. The van der Waals surface area contributed by atoms with E-state index < -0.39 is 22.1 Å². The number of ether oxygens (including phenoxy) is 1. The summed E-state index contributed by atoms with van der Waals surface area (Å²) in [6.45, 7) is 2.18. The van der Waals surface area contributed by atoms with E-state index in [-0.39, 0.29) is 24.6 Å². The number of rotatable bonds is 7. The van der Waals surface area contributed by atoms with Gasteiger partial charge in [-0.25, -0.2) is 8.42 Å². The van der Waals surface area contributed by atoms with Crippen molar-refractivity contribution in [3.8, 4) is 0 Å². The molecule has 1 N–H and O–H groups in total. The Morgan fingerprint density at radius 3 is 2.79 bits per heavy atom. The average Bonchev–Trinajstić information content (AvgIpc) is 2.76. The Balaban J connectivity index is 2.53. The average molecular weight is 293 g/mol. The van der Waals surface area contributed by atoms with Gasteiger partial charge in [-0.1, -0.05) is 0 Å². The Labute approximate surface area is 114 Å². The van der Waals surface area contributed by atoms with Gasteiger partial charge in [0.1, 0.15) is 0 Å². The van der Waals surface area contributed by atoms with E-state index in [4.69, 9.17) is 0 Å². The molecule has 2 unspecified atom stereocenters. The molecule has 0 amide bonds. The summed E-state index contributed by atoms with van der Waals surface area (Å²) >= 11 is 0. The van der Waals surface area contributed by atoms with E-state index in [1.807, 2.05) is 0 Å². The molecule has 1 heterocycles. The molecule has 0 saturated carbocycles. The Bertz CT molecular complexity index is 393. The quantitative estimate of drug-likeness (QED) is 0.691. The predicted molar refractivity (Wildman–Crippen MR) is 71.1 cm³/mol. The molecule has 0 aromatic heterocycles. The Morgan fingerprint density at radius 1 is 1.53 bits per heavy atom. The van der Waals surface area contributed by atoms with Gasteiger partial charge in [0.05, 0.1) is 19.0 Å². The second kappa shape index (κ2) is 7.21. The molecule has 0 aromatic carbocycles. The minimum Gasteiger partial charge on any atom is -0.469 e. The lowest BCUT2D eigenvalue weighted by atomic mass is 10.1. The SMILES string of the molecule is COC(=O)CCCS(=O)(=O)N1CCCC1CC(C)O. The Kier molecular flexibility index (Phi) is 6.22. The van der Waals surface area contributed by atoms with E-state index in [2.05, 4.69) is 4.74 Å². The molecule has 2 atom stereocenters. The molecule has 19 heavy (non-hydrogen) atoms. The lowest BCUT2D eigenvalue weighted by Crippen LogP contribution is -2.38. The standard InChI is InChI=1S/C12H23NO5S/c1-10(14)9-11-5-3-7-13(11)19(16,17)8-4-6-12(15)18-2/h10-11,14H,3-9H2,1-2H3. The number of sulfonamides is 1. The minimum absolute atomic E-state index is 0.0432. The molecule has 1 aliphatic heterocycles. The van der Waals surface area contributed by atoms with E-state index in [0.29, 0.717) is 13.0 Å². The number of methoxy groups -OCH3 is 1. The first-order chi connectivity index (χ1) is 8.86. The molecule has 112 valence electrons. The molecule has 0 radical (unpaired) electrons. The zero-order valence-electron chi connectivity index (χ0n) is 11.5. The van der Waals surface area contributed by atoms with Gasteiger partial charge in [-0.15, -0.1) is 0 Å². The van der Waals surface area contributed by atoms with Crippen LogP contribution in [0.5, 0.6) is 0 Å². The van der Waals surface area contributed by atoms with Gasteiger partial charge in [-0.3, -0.25) is 4.79 Å². The lowest BCUT2D eigenvalue weighted by Gasteiger charge is -2.24. The summed E-state index contributed by atoms with van der Waals surface area (Å²) in [6, 6.07) is -0.108. The first-order valence-corrected chi connectivity index (χ1v) is 8.22. The number of esters is 1. The summed E-state index contributed by atoms with van der Waals surface area (Å²) in [4.78, 5) is 11.0. The molecule has 0 spiro atoms. The minimum atomic E-state index is -3.34. The van der Waals surface area contributed by atoms with E-state index in [9.17, 15) is 18.3 Å². The third kappa shape index (κ3) is 5.08. The normalized spacial score (nSPS) is 22.4. The zero-order valence-corrected chi connectivity index (χ0v) is 12.4. The van der Waals surface area contributed by atoms with Crippen molar-refractivity contribution in [2.24, 2.45) is 0 Å². The topological polar surface area (TPSA) is 83.9 Å². The summed E-state index contributed by atoms with van der Waals surface area (Å²) < 4.78 is 30.3. The highest BCUT2D eigenvalue weighted by Crippen LogP contribution is 2.25. The van der Waals surface area contributed by atoms with Crippen molar-refractivity contribution in [2.45, 2.75) is 51.2 Å². The second-order valence-corrected chi connectivity index (χ2v) is 7.03. The van der Waals surface area contributed by atoms with Gasteiger partial charge in [0.25, 0.3) is 0 Å². The number of hydrogen-bond donors (Lipinski definition) is 1. The van der Waals surface area contributed by atoms with Crippen molar-refractivity contribution in [1.82, 2.24) is 4.31 Å². The number of carbonyl (C=O) groups is 1. The fourth-order valence-corrected chi connectivity index (χ4v) is 4.22. The van der Waals surface area contributed by atoms with Crippen LogP contribution in [0.25, 0.3) is 0 Å². The predicted octanol–water partition coefficient (Wildman–Crippen LogP) is 0.505. The maximum absolute atomic E-state index is 12.2. The van der Waals surface area contributed by atoms with Crippen LogP contribution in [-0.2, 0) is 19.6 Å². The number of carbonyl (C=O) groups excluding carboxylic acids is 1. The number of hydrogen-bond acceptors (Lipinski definition) is 5. The van der Waals surface area contributed by atoms with Crippen molar-refractivity contribution in [1.29, 1.82) is 0 Å². The Morgan fingerprint density at radius 2 is 2.21 bits per heavy atom. The van der Waals surface area contributed by atoms with Crippen LogP contribution in [0.1, 0.15) is 39.0 Å². The first kappa shape index (κ1) is 16.4. The zero-order chi connectivity index (χ0) is 14.5. The fraction of sp³-hybridized carbons (Fsp3) is 0.917. The summed E-state index contributed by atoms with van der Waals surface area (Å²) in [7, 11) is -2.06. The van der Waals surface area contributed by atoms with Gasteiger partial charge in [-0.2, -0.15) is 4.31 Å². The van der Waals surface area contributed by atoms with Crippen LogP contribution in [-0.4, -0.2) is 55.4 Å². The van der Waals surface area contributed by atoms with Crippen molar-refractivity contribution < 1.29 is 23.1 Å². The van der Waals surface area contributed by atoms with Crippen LogP contribution in [0.15, 0.2) is 0 Å². The monoisotopic (exact) mass is 293 g/mol. The Hall–Kier alpha value is -0.660. The summed E-state index contributed by atoms with van der Waals surface area (Å²) in [5, 5.41) is 9.39. The van der Waals surface area contributed by atoms with E-state index in [1.54, 1.807) is 6.92 Å². The molecule has 0 aliphatic carbocycles. The molecule has 7 heteroatoms. The van der Waals surface area contributed by atoms with Crippen molar-refractivity contribution >= 4 is 16.0 Å². The largest absolute Gasteiger partial charge is 0.469 e. The smallest absolute Gasteiger partial charge is 0.305 e. The molecule has 0 aromatic rings. The molecular formula is C12H23NO5S. The lowest BCUT2D eigenvalue weighted by molar-refractivity contribution is -0.140. The molecule has 1 aliphatic rings. The van der Waals surface area contributed by atoms with Gasteiger partial charge in [0.15, 0.2) is 0 Å². The van der Waals surface area contributed by atoms with Crippen LogP contribution in [0.3, 0.4) is 0 Å². The van der Waals surface area contributed by atoms with Crippen LogP contribution in [0.2, 0.25) is 0 Å². The summed E-state index contributed by atoms with van der Waals surface area (Å²) in [6.07, 6.45) is 1.97. The highest BCUT2D eigenvalue weighted by molar-refractivity contribution is 7.89. The van der Waals surface area contributed by atoms with E-state index in [0.717, 1.165) is 12.8 Å². The van der Waals surface area contributed by atoms with Crippen molar-refractivity contribution in [3.63, 3.8) is 0 Å². The fourth-order valence-electron chi connectivity index (χ4n) is 2.42. The highest BCUT2D eigenvalue weighted by Gasteiger charge is 2.34. The van der Waals surface area contributed by atoms with Crippen LogP contribution >= 0.6 is 0 Å². The van der Waals surface area contributed by atoms with Crippen LogP contribution in [0.4, 0.5) is 0 Å². The molecular weight excluding hydrogens is 270 g/mol. The first-order valence-electron chi connectivity index (χ1n) is 6.61. The molecule has 1 saturated heterocycles. The van der Waals surface area contributed by atoms with Gasteiger partial charge in [0.2, 0.25) is 10.0 Å². The van der Waals surface area contributed by atoms with Crippen LogP contribution in [0, 0.1) is 0 Å². The number of aliphatic hydroxyl groups excluding tert-OH is 1. The van der Waals surface area contributed by atoms with Gasteiger partial charge >= 0.3 is 5.97 Å². The van der Waals surface area contributed by atoms with Crippen LogP contribution < -0.4 is 0 Å². The van der Waals surface area contributed by atoms with Gasteiger partial charge in [0, 0.05) is 19.0 Å². The summed E-state index contributed by atoms with van der Waals surface area (Å²) in [5.74, 6) is -0.435. The number of aliphatic hydroxyl groups is 1. The van der Waals surface area contributed by atoms with Gasteiger partial charge in [-0.05, 0) is 32.6 Å². The van der Waals surface area contributed by atoms with E-state index >= 15 is 0 Å². The maximum Gasteiger partial charge on any atom is 0.305 e. The maximum atomic E-state index is 12.2. The van der Waals surface area contributed by atoms with Crippen molar-refractivity contribution in [2.75, 3.05) is 19.4 Å². The molecule has 1 fully saturated rings. The molecule has 1 rings (SSSR count). The summed E-state index contributed by atoms with van der Waals surface area (Å²) in [5.41, 5.74) is 0. The second-order valence-electron chi connectivity index (χ2n) is 4.99. The van der Waals surface area contributed by atoms with E-state index in [1.165, 1.54) is 11.4 Å². The molecule has 6 nitrogen and oxygen atoms in total. The number of nitrogens with zero attached hydrogens (tertiary/aromatic N) is 1. The van der Waals surface area contributed by atoms with Crippen molar-refractivity contribution in [3.05, 3.63) is 0 Å². The highest BCUT2D eigenvalue weighted by atomic mass is 32.2. The third-order valence-electron chi connectivity index (χ3n) is 3.30.